The Morgan fingerprint density at radius 2 is 2.43 bits per heavy atom. The van der Waals surface area contributed by atoms with Gasteiger partial charge in [0.05, 0.1) is 17.2 Å². The second-order valence-electron chi connectivity index (χ2n) is 4.83. The number of rotatable bonds is 5. The van der Waals surface area contributed by atoms with Crippen LogP contribution in [-0.2, 0) is 4.74 Å². The maximum atomic E-state index is 10.8. The fourth-order valence-electron chi connectivity index (χ4n) is 2.05. The van der Waals surface area contributed by atoms with Crippen LogP contribution in [0.1, 0.15) is 18.4 Å². The molecule has 1 aliphatic rings. The summed E-state index contributed by atoms with van der Waals surface area (Å²) < 4.78 is 5.44. The van der Waals surface area contributed by atoms with Crippen molar-refractivity contribution in [3.8, 4) is 5.75 Å². The van der Waals surface area contributed by atoms with Crippen LogP contribution in [0.4, 0.5) is 5.69 Å². The molecule has 0 radical (unpaired) electrons. The number of phenolic OH excluding ortho intramolecular Hbond substituents is 1. The average Bonchev–Trinajstić information content (AvgIpc) is 3.01. The molecule has 0 aromatic heterocycles. The van der Waals surface area contributed by atoms with Crippen LogP contribution in [0.2, 0.25) is 5.02 Å². The van der Waals surface area contributed by atoms with Gasteiger partial charge in [-0.2, -0.15) is 5.10 Å². The molecule has 1 aromatic rings. The second-order valence-corrected chi connectivity index (χ2v) is 5.68. The third-order valence-electron chi connectivity index (χ3n) is 3.16. The molecule has 1 heterocycles. The van der Waals surface area contributed by atoms with Crippen LogP contribution in [0.3, 0.4) is 0 Å². The molecule has 23 heavy (non-hydrogen) atoms. The lowest BCUT2D eigenvalue weighted by molar-refractivity contribution is -0.385. The van der Waals surface area contributed by atoms with Gasteiger partial charge in [-0.25, -0.2) is 0 Å². The number of aromatic hydroxyl groups is 1. The minimum atomic E-state index is -0.722. The lowest BCUT2D eigenvalue weighted by atomic mass is 10.2. The van der Waals surface area contributed by atoms with Crippen LogP contribution < -0.4 is 10.7 Å². The average molecular weight is 359 g/mol. The Labute approximate surface area is 142 Å². The molecule has 1 aromatic carbocycles. The first kappa shape index (κ1) is 17.4. The van der Waals surface area contributed by atoms with Crippen molar-refractivity contribution in [3.63, 3.8) is 0 Å². The van der Waals surface area contributed by atoms with E-state index in [-0.39, 0.29) is 21.8 Å². The van der Waals surface area contributed by atoms with E-state index in [1.165, 1.54) is 12.3 Å². The first-order chi connectivity index (χ1) is 11.0. The molecule has 8 nitrogen and oxygen atoms in total. The van der Waals surface area contributed by atoms with E-state index in [1.54, 1.807) is 0 Å². The van der Waals surface area contributed by atoms with Crippen molar-refractivity contribution in [1.82, 2.24) is 10.7 Å². The summed E-state index contributed by atoms with van der Waals surface area (Å²) in [4.78, 5) is 10.1. The lowest BCUT2D eigenvalue weighted by Crippen LogP contribution is -2.37. The predicted octanol–water partition coefficient (Wildman–Crippen LogP) is 1.93. The Hall–Kier alpha value is -1.97. The SMILES string of the molecule is O=[N+]([O-])c1cc(Cl)cc(/C=N/NC(=S)NC[C@H]2CCCO2)c1O. The number of nitrogens with one attached hydrogen (secondary N) is 2. The number of ether oxygens (including phenoxy) is 1. The number of hydrogen-bond acceptors (Lipinski definition) is 6. The number of nitrogens with zero attached hydrogens (tertiary/aromatic N) is 2. The van der Waals surface area contributed by atoms with Crippen molar-refractivity contribution in [3.05, 3.63) is 32.8 Å². The van der Waals surface area contributed by atoms with Crippen molar-refractivity contribution in [1.29, 1.82) is 0 Å². The van der Waals surface area contributed by atoms with E-state index >= 15 is 0 Å². The van der Waals surface area contributed by atoms with Crippen molar-refractivity contribution in [2.75, 3.05) is 13.2 Å². The molecule has 0 amide bonds. The fourth-order valence-corrected chi connectivity index (χ4v) is 2.41. The number of nitro benzene ring substituents is 1. The highest BCUT2D eigenvalue weighted by Crippen LogP contribution is 2.32. The van der Waals surface area contributed by atoms with Crippen molar-refractivity contribution >= 4 is 40.8 Å². The van der Waals surface area contributed by atoms with Gasteiger partial charge in [0, 0.05) is 29.8 Å². The Balaban J connectivity index is 1.92. The summed E-state index contributed by atoms with van der Waals surface area (Å²) in [7, 11) is 0. The van der Waals surface area contributed by atoms with Gasteiger partial charge in [-0.05, 0) is 31.1 Å². The zero-order chi connectivity index (χ0) is 16.8. The van der Waals surface area contributed by atoms with E-state index < -0.39 is 16.4 Å². The van der Waals surface area contributed by atoms with Gasteiger partial charge in [0.25, 0.3) is 0 Å². The number of halogens is 1. The molecule has 0 saturated carbocycles. The molecule has 1 aliphatic heterocycles. The summed E-state index contributed by atoms with van der Waals surface area (Å²) in [5, 5.41) is 27.8. The van der Waals surface area contributed by atoms with Crippen LogP contribution in [0, 0.1) is 10.1 Å². The molecule has 1 atom stereocenters. The maximum absolute atomic E-state index is 10.8. The normalized spacial score (nSPS) is 17.3. The van der Waals surface area contributed by atoms with Gasteiger partial charge >= 0.3 is 5.69 Å². The molecule has 0 unspecified atom stereocenters. The summed E-state index contributed by atoms with van der Waals surface area (Å²) in [5.41, 5.74) is 2.18. The zero-order valence-electron chi connectivity index (χ0n) is 12.0. The quantitative estimate of drug-likeness (QED) is 0.319. The van der Waals surface area contributed by atoms with Gasteiger partial charge in [0.1, 0.15) is 0 Å². The van der Waals surface area contributed by atoms with Crippen LogP contribution >= 0.6 is 23.8 Å². The Bertz CT molecular complexity index is 635. The van der Waals surface area contributed by atoms with Gasteiger partial charge < -0.3 is 15.2 Å². The zero-order valence-corrected chi connectivity index (χ0v) is 13.6. The predicted molar refractivity (Wildman–Crippen MR) is 90.1 cm³/mol. The standard InChI is InChI=1S/C13H15ClN4O4S/c14-9-4-8(12(19)11(5-9)18(20)21)6-16-17-13(23)15-7-10-2-1-3-22-10/h4-6,10,19H,1-3,7H2,(H2,15,17,23)/b16-6+/t10-/m1/s1. The van der Waals surface area contributed by atoms with E-state index in [2.05, 4.69) is 15.8 Å². The minimum absolute atomic E-state index is 0.110. The highest BCUT2D eigenvalue weighted by molar-refractivity contribution is 7.80. The molecule has 1 saturated heterocycles. The molecule has 124 valence electrons. The smallest absolute Gasteiger partial charge is 0.312 e. The number of hydrogen-bond donors (Lipinski definition) is 3. The molecular formula is C13H15ClN4O4S. The third kappa shape index (κ3) is 5.02. The van der Waals surface area contributed by atoms with Crippen LogP contribution in [0.25, 0.3) is 0 Å². The van der Waals surface area contributed by atoms with E-state index in [0.29, 0.717) is 6.54 Å². The fraction of sp³-hybridized carbons (Fsp3) is 0.385. The first-order valence-electron chi connectivity index (χ1n) is 6.83. The van der Waals surface area contributed by atoms with E-state index in [0.717, 1.165) is 25.5 Å². The van der Waals surface area contributed by atoms with E-state index in [9.17, 15) is 15.2 Å². The molecule has 0 spiro atoms. The Morgan fingerprint density at radius 1 is 1.65 bits per heavy atom. The molecular weight excluding hydrogens is 344 g/mol. The van der Waals surface area contributed by atoms with Crippen molar-refractivity contribution < 1.29 is 14.8 Å². The number of phenols is 1. The molecule has 10 heteroatoms. The third-order valence-corrected chi connectivity index (χ3v) is 3.62. The number of thiocarbonyl (C=S) groups is 1. The van der Waals surface area contributed by atoms with Gasteiger partial charge in [-0.15, -0.1) is 0 Å². The van der Waals surface area contributed by atoms with Crippen LogP contribution in [0.5, 0.6) is 5.75 Å². The first-order valence-corrected chi connectivity index (χ1v) is 7.61. The van der Waals surface area contributed by atoms with E-state index in [4.69, 9.17) is 28.6 Å². The van der Waals surface area contributed by atoms with Crippen molar-refractivity contribution in [2.45, 2.75) is 18.9 Å². The molecule has 1 fully saturated rings. The Kier molecular flexibility index (Phi) is 6.08. The summed E-state index contributed by atoms with van der Waals surface area (Å²) >= 11 is 10.8. The summed E-state index contributed by atoms with van der Waals surface area (Å²) in [5.74, 6) is -0.511. The Morgan fingerprint density at radius 3 is 3.09 bits per heavy atom. The molecule has 2 rings (SSSR count). The number of hydrazone groups is 1. The van der Waals surface area contributed by atoms with Crippen LogP contribution in [0.15, 0.2) is 17.2 Å². The van der Waals surface area contributed by atoms with Gasteiger partial charge in [0.15, 0.2) is 5.11 Å². The van der Waals surface area contributed by atoms with Gasteiger partial charge in [-0.3, -0.25) is 15.5 Å². The molecule has 0 bridgehead atoms. The topological polar surface area (TPSA) is 109 Å². The minimum Gasteiger partial charge on any atom is -0.502 e. The lowest BCUT2D eigenvalue weighted by Gasteiger charge is -2.11. The van der Waals surface area contributed by atoms with Crippen molar-refractivity contribution in [2.24, 2.45) is 5.10 Å². The molecule has 0 aliphatic carbocycles. The maximum Gasteiger partial charge on any atom is 0.312 e. The van der Waals surface area contributed by atoms with Gasteiger partial charge in [-0.1, -0.05) is 11.6 Å². The highest BCUT2D eigenvalue weighted by Gasteiger charge is 2.18. The number of nitro groups is 1. The summed E-state index contributed by atoms with van der Waals surface area (Å²) in [6, 6.07) is 2.42. The summed E-state index contributed by atoms with van der Waals surface area (Å²) in [6.45, 7) is 1.34. The second kappa shape index (κ2) is 8.04. The van der Waals surface area contributed by atoms with Gasteiger partial charge in [0.2, 0.25) is 5.75 Å². The molecule has 3 N–H and O–H groups in total. The van der Waals surface area contributed by atoms with E-state index in [1.807, 2.05) is 0 Å². The summed E-state index contributed by atoms with van der Waals surface area (Å²) in [6.07, 6.45) is 3.36. The largest absolute Gasteiger partial charge is 0.502 e. The highest BCUT2D eigenvalue weighted by atomic mass is 35.5. The van der Waals surface area contributed by atoms with Crippen LogP contribution in [-0.4, -0.2) is 40.6 Å². The number of benzene rings is 1. The monoisotopic (exact) mass is 358 g/mol.